The van der Waals surface area contributed by atoms with Crippen molar-refractivity contribution in [1.82, 2.24) is 9.80 Å². The lowest BCUT2D eigenvalue weighted by Crippen LogP contribution is -2.48. The highest BCUT2D eigenvalue weighted by molar-refractivity contribution is 5.91. The number of aliphatic hydroxyl groups excluding tert-OH is 1. The van der Waals surface area contributed by atoms with E-state index in [1.807, 2.05) is 6.92 Å². The van der Waals surface area contributed by atoms with Crippen LogP contribution in [-0.2, 0) is 16.0 Å². The summed E-state index contributed by atoms with van der Waals surface area (Å²) < 4.78 is 49.1. The Morgan fingerprint density at radius 2 is 1.83 bits per heavy atom. The quantitative estimate of drug-likeness (QED) is 0.399. The van der Waals surface area contributed by atoms with E-state index in [0.717, 1.165) is 0 Å². The number of fused-ring (bicyclic) bond motifs is 1. The number of carbonyl (C=O) groups is 3. The first-order valence-electron chi connectivity index (χ1n) is 13.5. The largest absolute Gasteiger partial charge is 0.497 e. The Bertz CT molecular complexity index is 1240. The molecule has 0 aromatic heterocycles. The number of nitrogens with zero attached hydrogens (tertiary/aromatic N) is 2. The highest BCUT2D eigenvalue weighted by atomic mass is 19.4. The SMILES string of the molecule is COc1ccc(NC(=O)N(C)C[C@H]2Oc3ccc(NC(=O)CCC(F)(F)F)cc3CC(=O)N([C@@H](C)CO)C[C@@H]2C)cc1. The number of methoxy groups -OCH3 is 1. The van der Waals surface area contributed by atoms with E-state index in [9.17, 15) is 32.7 Å². The molecule has 0 unspecified atom stereocenters. The molecule has 1 aliphatic heterocycles. The number of benzene rings is 2. The first-order chi connectivity index (χ1) is 19.8. The molecule has 3 rings (SSSR count). The Morgan fingerprint density at radius 3 is 2.45 bits per heavy atom. The molecule has 2 aromatic rings. The molecule has 10 nitrogen and oxygen atoms in total. The number of urea groups is 1. The average Bonchev–Trinajstić information content (AvgIpc) is 2.99. The van der Waals surface area contributed by atoms with Gasteiger partial charge in [-0.2, -0.15) is 13.2 Å². The molecule has 0 fully saturated rings. The van der Waals surface area contributed by atoms with Crippen LogP contribution in [0.1, 0.15) is 32.3 Å². The standard InChI is InChI=1S/C29H37F3N4O6/c1-18-15-36(19(2)17-37)27(39)14-20-13-22(33-26(38)11-12-29(30,31)32)7-10-24(20)42-25(18)16-35(3)28(40)34-21-5-8-23(41-4)9-6-21/h5-10,13,18-19,25,37H,11-12,14-17H2,1-4H3,(H,33,38)(H,34,40)/t18-,19-,25+/m0/s1. The fraction of sp³-hybridized carbons (Fsp3) is 0.483. The van der Waals surface area contributed by atoms with E-state index in [4.69, 9.17) is 9.47 Å². The summed E-state index contributed by atoms with van der Waals surface area (Å²) in [7, 11) is 3.16. The molecule has 4 amide bonds. The van der Waals surface area contributed by atoms with E-state index in [1.54, 1.807) is 56.3 Å². The van der Waals surface area contributed by atoms with Crippen LogP contribution in [0.2, 0.25) is 0 Å². The predicted octanol–water partition coefficient (Wildman–Crippen LogP) is 4.29. The van der Waals surface area contributed by atoms with Gasteiger partial charge in [-0.1, -0.05) is 6.92 Å². The highest BCUT2D eigenvalue weighted by Crippen LogP contribution is 2.30. The van der Waals surface area contributed by atoms with Gasteiger partial charge in [-0.3, -0.25) is 9.59 Å². The van der Waals surface area contributed by atoms with Gasteiger partial charge in [0.2, 0.25) is 11.8 Å². The van der Waals surface area contributed by atoms with Gasteiger partial charge in [-0.05, 0) is 49.4 Å². The van der Waals surface area contributed by atoms with Gasteiger partial charge < -0.3 is 35.0 Å². The van der Waals surface area contributed by atoms with Crippen molar-refractivity contribution < 1.29 is 42.1 Å². The topological polar surface area (TPSA) is 120 Å². The molecule has 42 heavy (non-hydrogen) atoms. The fourth-order valence-corrected chi connectivity index (χ4v) is 4.45. The van der Waals surface area contributed by atoms with Gasteiger partial charge in [0.25, 0.3) is 0 Å². The van der Waals surface area contributed by atoms with E-state index in [-0.39, 0.29) is 49.7 Å². The van der Waals surface area contributed by atoms with Gasteiger partial charge in [-0.15, -0.1) is 0 Å². The lowest BCUT2D eigenvalue weighted by molar-refractivity contribution is -0.142. The maximum absolute atomic E-state index is 13.3. The molecule has 0 aliphatic carbocycles. The molecule has 0 bridgehead atoms. The molecule has 1 aliphatic rings. The fourth-order valence-electron chi connectivity index (χ4n) is 4.45. The number of ether oxygens (including phenoxy) is 2. The minimum Gasteiger partial charge on any atom is -0.497 e. The van der Waals surface area contributed by atoms with Crippen LogP contribution < -0.4 is 20.1 Å². The van der Waals surface area contributed by atoms with E-state index in [0.29, 0.717) is 22.7 Å². The lowest BCUT2D eigenvalue weighted by atomic mass is 10.0. The number of amides is 4. The molecule has 0 saturated carbocycles. The molecule has 1 heterocycles. The van der Waals surface area contributed by atoms with E-state index < -0.39 is 37.1 Å². The summed E-state index contributed by atoms with van der Waals surface area (Å²) in [5.74, 6) is -0.384. The Labute approximate surface area is 242 Å². The van der Waals surface area contributed by atoms with Gasteiger partial charge in [0.05, 0.1) is 39.1 Å². The van der Waals surface area contributed by atoms with Gasteiger partial charge in [0.1, 0.15) is 17.6 Å². The van der Waals surface area contributed by atoms with Crippen molar-refractivity contribution in [3.05, 3.63) is 48.0 Å². The number of aliphatic hydroxyl groups is 1. The number of alkyl halides is 3. The number of likely N-dealkylation sites (N-methyl/N-ethyl adjacent to an activating group) is 1. The lowest BCUT2D eigenvalue weighted by Gasteiger charge is -2.34. The Hall–Kier alpha value is -4.00. The number of carbonyl (C=O) groups excluding carboxylic acids is 3. The Kier molecular flexibility index (Phi) is 11.0. The number of nitrogens with one attached hydrogen (secondary N) is 2. The maximum atomic E-state index is 13.3. The molecule has 230 valence electrons. The zero-order valence-corrected chi connectivity index (χ0v) is 24.0. The van der Waals surface area contributed by atoms with Gasteiger partial charge in [0, 0.05) is 42.9 Å². The highest BCUT2D eigenvalue weighted by Gasteiger charge is 2.32. The summed E-state index contributed by atoms with van der Waals surface area (Å²) in [6.07, 6.45) is -7.15. The average molecular weight is 595 g/mol. The smallest absolute Gasteiger partial charge is 0.389 e. The molecule has 0 radical (unpaired) electrons. The zero-order valence-electron chi connectivity index (χ0n) is 24.0. The van der Waals surface area contributed by atoms with Crippen molar-refractivity contribution in [1.29, 1.82) is 0 Å². The molecule has 0 spiro atoms. The van der Waals surface area contributed by atoms with Crippen molar-refractivity contribution >= 4 is 29.2 Å². The summed E-state index contributed by atoms with van der Waals surface area (Å²) >= 11 is 0. The van der Waals surface area contributed by atoms with E-state index >= 15 is 0 Å². The van der Waals surface area contributed by atoms with Crippen molar-refractivity contribution in [2.75, 3.05) is 44.5 Å². The van der Waals surface area contributed by atoms with Gasteiger partial charge >= 0.3 is 12.2 Å². The summed E-state index contributed by atoms with van der Waals surface area (Å²) in [6.45, 7) is 3.72. The molecular formula is C29H37F3N4O6. The molecule has 3 N–H and O–H groups in total. The summed E-state index contributed by atoms with van der Waals surface area (Å²) in [6, 6.07) is 10.5. The third-order valence-corrected chi connectivity index (χ3v) is 6.98. The van der Waals surface area contributed by atoms with Crippen LogP contribution in [0.25, 0.3) is 0 Å². The van der Waals surface area contributed by atoms with Crippen LogP contribution in [0.4, 0.5) is 29.3 Å². The minimum atomic E-state index is -4.46. The Balaban J connectivity index is 1.83. The first kappa shape index (κ1) is 32.5. The molecule has 3 atom stereocenters. The van der Waals surface area contributed by atoms with Crippen LogP contribution in [0, 0.1) is 5.92 Å². The maximum Gasteiger partial charge on any atom is 0.389 e. The first-order valence-corrected chi connectivity index (χ1v) is 13.5. The van der Waals surface area contributed by atoms with Crippen LogP contribution in [-0.4, -0.2) is 84.9 Å². The van der Waals surface area contributed by atoms with Crippen molar-refractivity contribution in [2.45, 2.75) is 51.4 Å². The second kappa shape index (κ2) is 14.3. The molecule has 2 aromatic carbocycles. The number of halogens is 3. The van der Waals surface area contributed by atoms with Crippen LogP contribution >= 0.6 is 0 Å². The van der Waals surface area contributed by atoms with Gasteiger partial charge in [0.15, 0.2) is 0 Å². The van der Waals surface area contributed by atoms with Gasteiger partial charge in [-0.25, -0.2) is 4.79 Å². The second-order valence-electron chi connectivity index (χ2n) is 10.4. The number of anilines is 2. The van der Waals surface area contributed by atoms with E-state index in [2.05, 4.69) is 10.6 Å². The normalized spacial score (nSPS) is 18.0. The van der Waals surface area contributed by atoms with E-state index in [1.165, 1.54) is 17.0 Å². The monoisotopic (exact) mass is 594 g/mol. The minimum absolute atomic E-state index is 0.126. The van der Waals surface area contributed by atoms with Crippen molar-refractivity contribution in [3.63, 3.8) is 0 Å². The van der Waals surface area contributed by atoms with Crippen LogP contribution in [0.15, 0.2) is 42.5 Å². The third kappa shape index (κ3) is 9.26. The Morgan fingerprint density at radius 1 is 1.17 bits per heavy atom. The number of hydrogen-bond acceptors (Lipinski definition) is 6. The third-order valence-electron chi connectivity index (χ3n) is 6.98. The zero-order chi connectivity index (χ0) is 31.0. The van der Waals surface area contributed by atoms with Crippen molar-refractivity contribution in [2.24, 2.45) is 5.92 Å². The molecular weight excluding hydrogens is 557 g/mol. The van der Waals surface area contributed by atoms with Crippen LogP contribution in [0.5, 0.6) is 11.5 Å². The molecule has 0 saturated heterocycles. The van der Waals surface area contributed by atoms with Crippen LogP contribution in [0.3, 0.4) is 0 Å². The number of hydrogen-bond donors (Lipinski definition) is 3. The molecule has 13 heteroatoms. The number of rotatable bonds is 9. The second-order valence-corrected chi connectivity index (χ2v) is 10.4. The predicted molar refractivity (Wildman–Crippen MR) is 151 cm³/mol. The summed E-state index contributed by atoms with van der Waals surface area (Å²) in [5.41, 5.74) is 1.20. The summed E-state index contributed by atoms with van der Waals surface area (Å²) in [4.78, 5) is 41.4. The summed E-state index contributed by atoms with van der Waals surface area (Å²) in [5, 5.41) is 15.1. The van der Waals surface area contributed by atoms with Crippen molar-refractivity contribution in [3.8, 4) is 11.5 Å².